The third-order valence-electron chi connectivity index (χ3n) is 3.10. The molecule has 0 spiro atoms. The van der Waals surface area contributed by atoms with Gasteiger partial charge < -0.3 is 4.90 Å². The Labute approximate surface area is 117 Å². The van der Waals surface area contributed by atoms with Crippen LogP contribution < -0.4 is 0 Å². The average molecular weight is 306 g/mol. The van der Waals surface area contributed by atoms with Crippen LogP contribution in [-0.2, 0) is 0 Å². The van der Waals surface area contributed by atoms with Crippen molar-refractivity contribution in [3.8, 4) is 0 Å². The van der Waals surface area contributed by atoms with Crippen LogP contribution in [0.15, 0.2) is 5.10 Å². The van der Waals surface area contributed by atoms with Crippen molar-refractivity contribution in [1.29, 1.82) is 0 Å². The zero-order valence-electron chi connectivity index (χ0n) is 11.4. The van der Waals surface area contributed by atoms with E-state index >= 15 is 0 Å². The van der Waals surface area contributed by atoms with Gasteiger partial charge in [-0.25, -0.2) is 0 Å². The highest BCUT2D eigenvalue weighted by molar-refractivity contribution is 8.93. The lowest BCUT2D eigenvalue weighted by Gasteiger charge is -2.15. The smallest absolute Gasteiger partial charge is 0.113 e. The van der Waals surface area contributed by atoms with Gasteiger partial charge in [0.15, 0.2) is 0 Å². The van der Waals surface area contributed by atoms with Gasteiger partial charge in [-0.15, -0.1) is 17.0 Å². The molecule has 0 bridgehead atoms. The molecule has 0 aliphatic carbocycles. The molecule has 1 rings (SSSR count). The van der Waals surface area contributed by atoms with Crippen molar-refractivity contribution in [3.05, 3.63) is 0 Å². The number of hydrazone groups is 1. The van der Waals surface area contributed by atoms with Crippen LogP contribution in [0.4, 0.5) is 0 Å². The fourth-order valence-electron chi connectivity index (χ4n) is 2.07. The topological polar surface area (TPSA) is 18.8 Å². The van der Waals surface area contributed by atoms with Gasteiger partial charge in [-0.2, -0.15) is 5.10 Å². The first-order chi connectivity index (χ1) is 7.83. The lowest BCUT2D eigenvalue weighted by Crippen LogP contribution is -2.25. The SMILES string of the molecule is Br.CCCCCCCCCCN1C=NN(C)C1. The molecule has 0 fully saturated rings. The van der Waals surface area contributed by atoms with Crippen molar-refractivity contribution in [3.63, 3.8) is 0 Å². The van der Waals surface area contributed by atoms with Gasteiger partial charge in [0.25, 0.3) is 0 Å². The van der Waals surface area contributed by atoms with Crippen LogP contribution in [0, 0.1) is 0 Å². The van der Waals surface area contributed by atoms with Crippen molar-refractivity contribution in [2.45, 2.75) is 58.3 Å². The molecule has 1 aliphatic heterocycles. The molecular formula is C13H28BrN3. The predicted molar refractivity (Wildman–Crippen MR) is 80.8 cm³/mol. The molecule has 0 aromatic rings. The largest absolute Gasteiger partial charge is 0.342 e. The standard InChI is InChI=1S/C13H27N3.BrH/c1-3-4-5-6-7-8-9-10-11-16-12-14-15(2)13-16;/h12H,3-11,13H2,1-2H3;1H. The first-order valence-corrected chi connectivity index (χ1v) is 6.82. The van der Waals surface area contributed by atoms with Crippen LogP contribution in [0.25, 0.3) is 0 Å². The number of nitrogens with zero attached hydrogens (tertiary/aromatic N) is 3. The molecule has 0 N–H and O–H groups in total. The van der Waals surface area contributed by atoms with E-state index in [4.69, 9.17) is 0 Å². The molecule has 0 aromatic heterocycles. The summed E-state index contributed by atoms with van der Waals surface area (Å²) in [4.78, 5) is 2.29. The van der Waals surface area contributed by atoms with E-state index in [0.717, 1.165) is 6.67 Å². The summed E-state index contributed by atoms with van der Waals surface area (Å²) in [6.07, 6.45) is 13.1. The summed E-state index contributed by atoms with van der Waals surface area (Å²) in [5.74, 6) is 0. The lowest BCUT2D eigenvalue weighted by atomic mass is 10.1. The Morgan fingerprint density at radius 1 is 1.00 bits per heavy atom. The zero-order chi connectivity index (χ0) is 11.6. The first kappa shape index (κ1) is 16.8. The Bertz CT molecular complexity index is 197. The first-order valence-electron chi connectivity index (χ1n) is 6.82. The number of hydrogen-bond donors (Lipinski definition) is 0. The average Bonchev–Trinajstić information content (AvgIpc) is 2.68. The van der Waals surface area contributed by atoms with E-state index in [1.807, 2.05) is 18.4 Å². The third kappa shape index (κ3) is 8.47. The van der Waals surface area contributed by atoms with E-state index in [1.54, 1.807) is 0 Å². The minimum Gasteiger partial charge on any atom is -0.342 e. The molecule has 0 atom stereocenters. The third-order valence-corrected chi connectivity index (χ3v) is 3.10. The van der Waals surface area contributed by atoms with Crippen LogP contribution >= 0.6 is 17.0 Å². The molecule has 1 heterocycles. The van der Waals surface area contributed by atoms with Gasteiger partial charge >= 0.3 is 0 Å². The number of hydrogen-bond acceptors (Lipinski definition) is 3. The van der Waals surface area contributed by atoms with Crippen LogP contribution in [0.2, 0.25) is 0 Å². The van der Waals surface area contributed by atoms with Crippen molar-refractivity contribution < 1.29 is 0 Å². The molecule has 4 heteroatoms. The highest BCUT2D eigenvalue weighted by atomic mass is 79.9. The van der Waals surface area contributed by atoms with Crippen molar-refractivity contribution >= 4 is 23.3 Å². The normalized spacial score (nSPS) is 14.2. The van der Waals surface area contributed by atoms with E-state index in [2.05, 4.69) is 16.9 Å². The highest BCUT2D eigenvalue weighted by Gasteiger charge is 2.07. The second-order valence-corrected chi connectivity index (χ2v) is 4.82. The van der Waals surface area contributed by atoms with Gasteiger partial charge in [-0.05, 0) is 6.42 Å². The van der Waals surface area contributed by atoms with E-state index in [1.165, 1.54) is 57.9 Å². The molecular weight excluding hydrogens is 278 g/mol. The molecule has 0 saturated heterocycles. The van der Waals surface area contributed by atoms with Gasteiger partial charge in [0.2, 0.25) is 0 Å². The van der Waals surface area contributed by atoms with E-state index in [0.29, 0.717) is 0 Å². The molecule has 0 aromatic carbocycles. The maximum absolute atomic E-state index is 4.20. The van der Waals surface area contributed by atoms with E-state index in [9.17, 15) is 0 Å². The molecule has 3 nitrogen and oxygen atoms in total. The maximum atomic E-state index is 4.20. The number of rotatable bonds is 9. The second kappa shape index (κ2) is 10.9. The summed E-state index contributed by atoms with van der Waals surface area (Å²) in [5.41, 5.74) is 0. The zero-order valence-corrected chi connectivity index (χ0v) is 13.1. The molecule has 0 amide bonds. The van der Waals surface area contributed by atoms with Gasteiger partial charge in [0.1, 0.15) is 13.0 Å². The summed E-state index contributed by atoms with van der Waals surface area (Å²) in [5, 5.41) is 6.18. The van der Waals surface area contributed by atoms with E-state index in [-0.39, 0.29) is 17.0 Å². The van der Waals surface area contributed by atoms with Crippen molar-refractivity contribution in [2.75, 3.05) is 20.3 Å². The minimum atomic E-state index is 0. The molecule has 17 heavy (non-hydrogen) atoms. The van der Waals surface area contributed by atoms with Crippen LogP contribution in [0.5, 0.6) is 0 Å². The summed E-state index contributed by atoms with van der Waals surface area (Å²) in [7, 11) is 2.02. The summed E-state index contributed by atoms with van der Waals surface area (Å²) >= 11 is 0. The van der Waals surface area contributed by atoms with Gasteiger partial charge in [-0.1, -0.05) is 51.9 Å². The Morgan fingerprint density at radius 3 is 2.12 bits per heavy atom. The molecule has 102 valence electrons. The Hall–Kier alpha value is -0.250. The Morgan fingerprint density at radius 2 is 1.59 bits per heavy atom. The maximum Gasteiger partial charge on any atom is 0.113 e. The number of halogens is 1. The van der Waals surface area contributed by atoms with Crippen LogP contribution in [0.1, 0.15) is 58.3 Å². The van der Waals surface area contributed by atoms with Crippen molar-refractivity contribution in [2.24, 2.45) is 5.10 Å². The van der Waals surface area contributed by atoms with Crippen LogP contribution in [0.3, 0.4) is 0 Å². The van der Waals surface area contributed by atoms with E-state index < -0.39 is 0 Å². The van der Waals surface area contributed by atoms with Gasteiger partial charge in [-0.3, -0.25) is 5.01 Å². The monoisotopic (exact) mass is 305 g/mol. The summed E-state index contributed by atoms with van der Waals surface area (Å²) in [6, 6.07) is 0. The minimum absolute atomic E-state index is 0. The molecule has 1 aliphatic rings. The van der Waals surface area contributed by atoms with Crippen LogP contribution in [-0.4, -0.2) is 36.5 Å². The fraction of sp³-hybridized carbons (Fsp3) is 0.923. The highest BCUT2D eigenvalue weighted by Crippen LogP contribution is 2.09. The number of unbranched alkanes of at least 4 members (excludes halogenated alkanes) is 7. The Balaban J connectivity index is 0.00000256. The fourth-order valence-corrected chi connectivity index (χ4v) is 2.07. The van der Waals surface area contributed by atoms with Gasteiger partial charge in [0.05, 0.1) is 0 Å². The molecule has 0 unspecified atom stereocenters. The van der Waals surface area contributed by atoms with Gasteiger partial charge in [0, 0.05) is 13.6 Å². The summed E-state index contributed by atoms with van der Waals surface area (Å²) in [6.45, 7) is 4.41. The molecule has 0 radical (unpaired) electrons. The second-order valence-electron chi connectivity index (χ2n) is 4.82. The quantitative estimate of drug-likeness (QED) is 0.603. The Kier molecular flexibility index (Phi) is 10.7. The van der Waals surface area contributed by atoms with Crippen molar-refractivity contribution in [1.82, 2.24) is 9.91 Å². The molecule has 0 saturated carbocycles. The summed E-state index contributed by atoms with van der Waals surface area (Å²) < 4.78 is 0. The lowest BCUT2D eigenvalue weighted by molar-refractivity contribution is 0.274. The predicted octanol–water partition coefficient (Wildman–Crippen LogP) is 3.85.